The molecule has 0 fully saturated rings. The second-order valence-electron chi connectivity index (χ2n) is 4.22. The van der Waals surface area contributed by atoms with Crippen molar-refractivity contribution in [3.8, 4) is 0 Å². The van der Waals surface area contributed by atoms with Crippen LogP contribution in [0.25, 0.3) is 0 Å². The molecule has 16 heavy (non-hydrogen) atoms. The van der Waals surface area contributed by atoms with Gasteiger partial charge < -0.3 is 5.73 Å². The Balaban J connectivity index is 2.22. The Morgan fingerprint density at radius 3 is 2.94 bits per heavy atom. The number of fused-ring (bicyclic) bond motifs is 1. The first-order chi connectivity index (χ1) is 7.72. The van der Waals surface area contributed by atoms with Crippen molar-refractivity contribution in [1.29, 1.82) is 0 Å². The highest BCUT2D eigenvalue weighted by Gasteiger charge is 2.19. The van der Waals surface area contributed by atoms with Crippen molar-refractivity contribution in [3.63, 3.8) is 0 Å². The van der Waals surface area contributed by atoms with E-state index in [-0.39, 0.29) is 5.50 Å². The van der Waals surface area contributed by atoms with Gasteiger partial charge in [0, 0.05) is 13.1 Å². The van der Waals surface area contributed by atoms with Gasteiger partial charge in [-0.2, -0.15) is 5.10 Å². The van der Waals surface area contributed by atoms with Gasteiger partial charge in [-0.1, -0.05) is 0 Å². The molecule has 0 aromatic carbocycles. The summed E-state index contributed by atoms with van der Waals surface area (Å²) in [7, 11) is 0. The Hall–Kier alpha value is -0.520. The fourth-order valence-electron chi connectivity index (χ4n) is 2.33. The number of aryl methyl sites for hydroxylation is 2. The van der Waals surface area contributed by atoms with Crippen LogP contribution in [0.3, 0.4) is 0 Å². The van der Waals surface area contributed by atoms with E-state index in [0.717, 1.165) is 25.9 Å². The Bertz CT molecular complexity index is 359. The molecule has 0 bridgehead atoms. The fourth-order valence-corrected chi connectivity index (χ4v) is 2.42. The van der Waals surface area contributed by atoms with Crippen LogP contribution in [0.2, 0.25) is 0 Å². The number of nitrogens with two attached hydrogens (primary N) is 1. The van der Waals surface area contributed by atoms with Gasteiger partial charge in [-0.15, -0.1) is 12.6 Å². The third-order valence-electron chi connectivity index (χ3n) is 3.12. The van der Waals surface area contributed by atoms with E-state index in [0.29, 0.717) is 0 Å². The van der Waals surface area contributed by atoms with Crippen LogP contribution in [0.4, 0.5) is 0 Å². The largest absolute Gasteiger partial charge is 0.308 e. The highest BCUT2D eigenvalue weighted by atomic mass is 32.1. The topological polar surface area (TPSA) is 55.9 Å². The first-order valence-electron chi connectivity index (χ1n) is 5.96. The van der Waals surface area contributed by atoms with Crippen molar-refractivity contribution in [2.24, 2.45) is 5.73 Å². The van der Waals surface area contributed by atoms with Crippen LogP contribution in [0.5, 0.6) is 0 Å². The van der Waals surface area contributed by atoms with Crippen molar-refractivity contribution < 1.29 is 0 Å². The van der Waals surface area contributed by atoms with E-state index in [1.807, 2.05) is 0 Å². The molecule has 1 aromatic rings. The molecule has 0 aliphatic heterocycles. The summed E-state index contributed by atoms with van der Waals surface area (Å²) >= 11 is 4.14. The third kappa shape index (κ3) is 2.42. The Morgan fingerprint density at radius 1 is 1.50 bits per heavy atom. The van der Waals surface area contributed by atoms with Crippen molar-refractivity contribution in [2.45, 2.75) is 51.2 Å². The Labute approximate surface area is 102 Å². The Kier molecular flexibility index (Phi) is 3.89. The molecule has 5 heteroatoms. The number of hydrogen-bond acceptors (Lipinski definition) is 4. The van der Waals surface area contributed by atoms with E-state index in [1.54, 1.807) is 0 Å². The second kappa shape index (κ2) is 5.21. The maximum atomic E-state index is 5.60. The average molecular weight is 240 g/mol. The molecule has 1 aliphatic carbocycles. The highest BCUT2D eigenvalue weighted by molar-refractivity contribution is 7.80. The average Bonchev–Trinajstić information content (AvgIpc) is 2.64. The van der Waals surface area contributed by atoms with E-state index in [1.165, 1.54) is 29.8 Å². The minimum atomic E-state index is -0.264. The van der Waals surface area contributed by atoms with Gasteiger partial charge in [0.2, 0.25) is 0 Å². The van der Waals surface area contributed by atoms with E-state index in [2.05, 4.69) is 34.6 Å². The number of aromatic nitrogens is 2. The van der Waals surface area contributed by atoms with Gasteiger partial charge in [0.05, 0.1) is 11.4 Å². The van der Waals surface area contributed by atoms with Crippen molar-refractivity contribution >= 4 is 12.6 Å². The zero-order valence-corrected chi connectivity index (χ0v) is 10.6. The van der Waals surface area contributed by atoms with Crippen molar-refractivity contribution in [2.75, 3.05) is 0 Å². The molecule has 0 radical (unpaired) electrons. The molecule has 0 saturated heterocycles. The number of thiol groups is 1. The van der Waals surface area contributed by atoms with Gasteiger partial charge in [0.15, 0.2) is 0 Å². The Morgan fingerprint density at radius 2 is 2.25 bits per heavy atom. The van der Waals surface area contributed by atoms with Crippen molar-refractivity contribution in [1.82, 2.24) is 15.1 Å². The molecule has 4 nitrogen and oxygen atoms in total. The van der Waals surface area contributed by atoms with Gasteiger partial charge in [-0.25, -0.2) is 0 Å². The number of rotatable bonds is 4. The summed E-state index contributed by atoms with van der Waals surface area (Å²) < 4.78 is 2.10. The zero-order valence-electron chi connectivity index (χ0n) is 9.74. The molecule has 0 spiro atoms. The molecule has 0 saturated carbocycles. The lowest BCUT2D eigenvalue weighted by Crippen LogP contribution is -2.32. The van der Waals surface area contributed by atoms with Gasteiger partial charge in [0.1, 0.15) is 5.50 Å². The molecule has 1 heterocycles. The van der Waals surface area contributed by atoms with Crippen molar-refractivity contribution in [3.05, 3.63) is 17.0 Å². The summed E-state index contributed by atoms with van der Waals surface area (Å²) in [6.07, 6.45) is 4.84. The van der Waals surface area contributed by atoms with Gasteiger partial charge >= 0.3 is 0 Å². The standard InChI is InChI=1S/C11H20N4S/c1-2-15-10(7-13-11(12)16)8-5-3-4-6-9(8)14-15/h11,13,16H,2-7,12H2,1H3. The summed E-state index contributed by atoms with van der Waals surface area (Å²) in [5, 5.41) is 7.81. The summed E-state index contributed by atoms with van der Waals surface area (Å²) in [6.45, 7) is 3.81. The fraction of sp³-hybridized carbons (Fsp3) is 0.727. The van der Waals surface area contributed by atoms with E-state index >= 15 is 0 Å². The lowest BCUT2D eigenvalue weighted by atomic mass is 9.96. The van der Waals surface area contributed by atoms with E-state index in [4.69, 9.17) is 5.73 Å². The monoisotopic (exact) mass is 240 g/mol. The van der Waals surface area contributed by atoms with Crippen LogP contribution >= 0.6 is 12.6 Å². The zero-order chi connectivity index (χ0) is 11.5. The third-order valence-corrected chi connectivity index (χ3v) is 3.30. The normalized spacial score (nSPS) is 17.2. The number of hydrogen-bond donors (Lipinski definition) is 3. The number of nitrogens with zero attached hydrogens (tertiary/aromatic N) is 2. The summed E-state index contributed by atoms with van der Waals surface area (Å²) in [5.41, 5.74) is 9.36. The van der Waals surface area contributed by atoms with Crippen LogP contribution in [-0.4, -0.2) is 15.3 Å². The molecular weight excluding hydrogens is 220 g/mol. The first kappa shape index (κ1) is 12.0. The lowest BCUT2D eigenvalue weighted by molar-refractivity contribution is 0.571. The SMILES string of the molecule is CCn1nc2c(c1CNC(N)S)CCCC2. The van der Waals surface area contributed by atoms with Crippen LogP contribution in [0.1, 0.15) is 36.7 Å². The van der Waals surface area contributed by atoms with Crippen LogP contribution in [0.15, 0.2) is 0 Å². The molecule has 1 aromatic heterocycles. The predicted molar refractivity (Wildman–Crippen MR) is 68.3 cm³/mol. The maximum Gasteiger partial charge on any atom is 0.100 e. The molecule has 3 N–H and O–H groups in total. The molecule has 2 rings (SSSR count). The summed E-state index contributed by atoms with van der Waals surface area (Å²) in [6, 6.07) is 0. The van der Waals surface area contributed by atoms with E-state index < -0.39 is 0 Å². The molecule has 1 atom stereocenters. The molecule has 1 unspecified atom stereocenters. The maximum absolute atomic E-state index is 5.60. The predicted octanol–water partition coefficient (Wildman–Crippen LogP) is 1.04. The van der Waals surface area contributed by atoms with Crippen LogP contribution in [-0.2, 0) is 25.9 Å². The quantitative estimate of drug-likeness (QED) is 0.544. The van der Waals surface area contributed by atoms with Gasteiger partial charge in [-0.05, 0) is 38.2 Å². The number of nitrogens with one attached hydrogen (secondary N) is 1. The minimum Gasteiger partial charge on any atom is -0.308 e. The summed E-state index contributed by atoms with van der Waals surface area (Å²) in [5.74, 6) is 0. The van der Waals surface area contributed by atoms with E-state index in [9.17, 15) is 0 Å². The second-order valence-corrected chi connectivity index (χ2v) is 4.78. The van der Waals surface area contributed by atoms with Crippen LogP contribution in [0, 0.1) is 0 Å². The van der Waals surface area contributed by atoms with Gasteiger partial charge in [-0.3, -0.25) is 10.00 Å². The van der Waals surface area contributed by atoms with Crippen LogP contribution < -0.4 is 11.1 Å². The smallest absolute Gasteiger partial charge is 0.100 e. The summed E-state index contributed by atoms with van der Waals surface area (Å²) in [4.78, 5) is 0. The minimum absolute atomic E-state index is 0.264. The molecule has 1 aliphatic rings. The first-order valence-corrected chi connectivity index (χ1v) is 6.48. The highest BCUT2D eigenvalue weighted by Crippen LogP contribution is 2.24. The molecule has 90 valence electrons. The van der Waals surface area contributed by atoms with Gasteiger partial charge in [0.25, 0.3) is 0 Å². The molecular formula is C11H20N4S. The lowest BCUT2D eigenvalue weighted by Gasteiger charge is -2.13. The molecule has 0 amide bonds.